The molecule has 1 N–H and O–H groups in total. The lowest BCUT2D eigenvalue weighted by Crippen LogP contribution is -2.34. The Morgan fingerprint density at radius 3 is 2.42 bits per heavy atom. The van der Waals surface area contributed by atoms with Crippen LogP contribution in [0.5, 0.6) is 0 Å². The van der Waals surface area contributed by atoms with Crippen molar-refractivity contribution in [3.05, 3.63) is 11.6 Å². The lowest BCUT2D eigenvalue weighted by molar-refractivity contribution is -0.150. The van der Waals surface area contributed by atoms with Crippen LogP contribution in [0.3, 0.4) is 0 Å². The van der Waals surface area contributed by atoms with Crippen molar-refractivity contribution in [1.29, 1.82) is 0 Å². The topological polar surface area (TPSA) is 68.0 Å². The Labute approximate surface area is 114 Å². The fourth-order valence-corrected chi connectivity index (χ4v) is 2.95. The van der Waals surface area contributed by atoms with Gasteiger partial charge in [-0.3, -0.25) is 9.48 Å². The van der Waals surface area contributed by atoms with E-state index in [9.17, 15) is 9.90 Å². The maximum atomic E-state index is 11.8. The monoisotopic (exact) mass is 265 g/mol. The zero-order chi connectivity index (χ0) is 13.9. The van der Waals surface area contributed by atoms with Gasteiger partial charge in [0.05, 0.1) is 5.41 Å². The van der Waals surface area contributed by atoms with E-state index in [4.69, 9.17) is 0 Å². The first-order chi connectivity index (χ1) is 9.07. The van der Waals surface area contributed by atoms with Gasteiger partial charge in [-0.1, -0.05) is 32.6 Å². The van der Waals surface area contributed by atoms with Crippen molar-refractivity contribution >= 4 is 5.97 Å². The summed E-state index contributed by atoms with van der Waals surface area (Å²) in [7, 11) is 1.85. The highest BCUT2D eigenvalue weighted by Gasteiger charge is 2.40. The first-order valence-corrected chi connectivity index (χ1v) is 7.19. The van der Waals surface area contributed by atoms with E-state index in [1.54, 1.807) is 4.68 Å². The van der Waals surface area contributed by atoms with Gasteiger partial charge in [-0.2, -0.15) is 5.10 Å². The third kappa shape index (κ3) is 2.96. The molecule has 0 atom stereocenters. The molecule has 0 unspecified atom stereocenters. The molecule has 1 saturated carbocycles. The molecule has 0 radical (unpaired) electrons. The lowest BCUT2D eigenvalue weighted by Gasteiger charge is -2.27. The van der Waals surface area contributed by atoms with Crippen molar-refractivity contribution in [2.24, 2.45) is 12.5 Å². The maximum Gasteiger partial charge on any atom is 0.310 e. The van der Waals surface area contributed by atoms with Crippen LogP contribution in [-0.2, 0) is 24.7 Å². The van der Waals surface area contributed by atoms with Crippen molar-refractivity contribution in [2.45, 2.75) is 58.3 Å². The standard InChI is InChI=1S/C14H23N3O2/c1-3-11-15-12(17(2)16-11)10-14(13(18)19)8-6-4-5-7-9-14/h3-10H2,1-2H3,(H,18,19). The molecule has 0 saturated heterocycles. The largest absolute Gasteiger partial charge is 0.481 e. The first-order valence-electron chi connectivity index (χ1n) is 7.19. The number of hydrogen-bond donors (Lipinski definition) is 1. The number of carbonyl (C=O) groups is 1. The highest BCUT2D eigenvalue weighted by atomic mass is 16.4. The van der Waals surface area contributed by atoms with Crippen LogP contribution in [0.1, 0.15) is 57.1 Å². The molecule has 106 valence electrons. The fourth-order valence-electron chi connectivity index (χ4n) is 2.95. The van der Waals surface area contributed by atoms with Crippen LogP contribution in [0.25, 0.3) is 0 Å². The summed E-state index contributed by atoms with van der Waals surface area (Å²) in [6.07, 6.45) is 7.12. The molecule has 1 aliphatic rings. The Morgan fingerprint density at radius 2 is 1.95 bits per heavy atom. The quantitative estimate of drug-likeness (QED) is 0.848. The summed E-state index contributed by atoms with van der Waals surface area (Å²) >= 11 is 0. The van der Waals surface area contributed by atoms with Gasteiger partial charge in [0.25, 0.3) is 0 Å². The average Bonchev–Trinajstić information content (AvgIpc) is 2.60. The van der Waals surface area contributed by atoms with Gasteiger partial charge in [-0.15, -0.1) is 0 Å². The van der Waals surface area contributed by atoms with Gasteiger partial charge in [0.1, 0.15) is 5.82 Å². The third-order valence-electron chi connectivity index (χ3n) is 4.22. The zero-order valence-corrected chi connectivity index (χ0v) is 11.9. The third-order valence-corrected chi connectivity index (χ3v) is 4.22. The van der Waals surface area contributed by atoms with Gasteiger partial charge >= 0.3 is 5.97 Å². The number of rotatable bonds is 4. The number of hydrogen-bond acceptors (Lipinski definition) is 3. The number of carboxylic acid groups (broad SMARTS) is 1. The van der Waals surface area contributed by atoms with E-state index in [1.165, 1.54) is 0 Å². The van der Waals surface area contributed by atoms with Gasteiger partial charge in [0.2, 0.25) is 0 Å². The summed E-state index contributed by atoms with van der Waals surface area (Å²) in [4.78, 5) is 16.2. The summed E-state index contributed by atoms with van der Waals surface area (Å²) in [6.45, 7) is 2.01. The number of aromatic nitrogens is 3. The Bertz CT molecular complexity index is 446. The van der Waals surface area contributed by atoms with Crippen LogP contribution in [-0.4, -0.2) is 25.8 Å². The summed E-state index contributed by atoms with van der Waals surface area (Å²) in [5.41, 5.74) is -0.637. The lowest BCUT2D eigenvalue weighted by atomic mass is 9.77. The van der Waals surface area contributed by atoms with E-state index < -0.39 is 11.4 Å². The minimum atomic E-state index is -0.671. The highest BCUT2D eigenvalue weighted by Crippen LogP contribution is 2.38. The number of aliphatic carboxylic acids is 1. The van der Waals surface area contributed by atoms with Gasteiger partial charge in [-0.25, -0.2) is 4.98 Å². The molecule has 0 aliphatic heterocycles. The second-order valence-corrected chi connectivity index (χ2v) is 5.60. The van der Waals surface area contributed by atoms with Crippen LogP contribution in [0.4, 0.5) is 0 Å². The molecule has 1 aromatic rings. The molecule has 1 heterocycles. The summed E-state index contributed by atoms with van der Waals surface area (Å²) in [5, 5.41) is 14.0. The van der Waals surface area contributed by atoms with Crippen molar-refractivity contribution in [3.63, 3.8) is 0 Å². The van der Waals surface area contributed by atoms with Gasteiger partial charge in [-0.05, 0) is 12.8 Å². The highest BCUT2D eigenvalue weighted by molar-refractivity contribution is 5.75. The van der Waals surface area contributed by atoms with Crippen LogP contribution in [0.15, 0.2) is 0 Å². The molecule has 19 heavy (non-hydrogen) atoms. The number of aryl methyl sites for hydroxylation is 2. The van der Waals surface area contributed by atoms with Crippen molar-refractivity contribution in [2.75, 3.05) is 0 Å². The predicted molar refractivity (Wildman–Crippen MR) is 71.9 cm³/mol. The summed E-state index contributed by atoms with van der Waals surface area (Å²) in [6, 6.07) is 0. The molecule has 0 aromatic carbocycles. The molecule has 5 heteroatoms. The first kappa shape index (κ1) is 14.0. The second kappa shape index (κ2) is 5.72. The fraction of sp³-hybridized carbons (Fsp3) is 0.786. The summed E-state index contributed by atoms with van der Waals surface area (Å²) < 4.78 is 1.74. The molecular formula is C14H23N3O2. The van der Waals surface area contributed by atoms with E-state index in [0.717, 1.165) is 56.6 Å². The molecule has 0 bridgehead atoms. The van der Waals surface area contributed by atoms with Gasteiger partial charge in [0, 0.05) is 19.9 Å². The normalized spacial score (nSPS) is 19.1. The van der Waals surface area contributed by atoms with E-state index in [2.05, 4.69) is 10.1 Å². The molecular weight excluding hydrogens is 242 g/mol. The summed E-state index contributed by atoms with van der Waals surface area (Å²) in [5.74, 6) is 0.934. The molecule has 5 nitrogen and oxygen atoms in total. The second-order valence-electron chi connectivity index (χ2n) is 5.60. The molecule has 0 spiro atoms. The molecule has 0 amide bonds. The van der Waals surface area contributed by atoms with Crippen LogP contribution in [0, 0.1) is 5.41 Å². The van der Waals surface area contributed by atoms with E-state index in [-0.39, 0.29) is 0 Å². The minimum Gasteiger partial charge on any atom is -0.481 e. The Balaban J connectivity index is 2.24. The Hall–Kier alpha value is -1.39. The maximum absolute atomic E-state index is 11.8. The predicted octanol–water partition coefficient (Wildman–Crippen LogP) is 2.35. The molecule has 2 rings (SSSR count). The number of nitrogens with zero attached hydrogens (tertiary/aromatic N) is 3. The zero-order valence-electron chi connectivity index (χ0n) is 11.9. The average molecular weight is 265 g/mol. The van der Waals surface area contributed by atoms with Crippen molar-refractivity contribution < 1.29 is 9.90 Å². The molecule has 1 aromatic heterocycles. The van der Waals surface area contributed by atoms with Crippen LogP contribution < -0.4 is 0 Å². The molecule has 1 aliphatic carbocycles. The van der Waals surface area contributed by atoms with Crippen molar-refractivity contribution in [1.82, 2.24) is 14.8 Å². The van der Waals surface area contributed by atoms with E-state index >= 15 is 0 Å². The Kier molecular flexibility index (Phi) is 4.22. The van der Waals surface area contributed by atoms with E-state index in [0.29, 0.717) is 6.42 Å². The number of carboxylic acids is 1. The van der Waals surface area contributed by atoms with Crippen LogP contribution >= 0.6 is 0 Å². The van der Waals surface area contributed by atoms with Gasteiger partial charge in [0.15, 0.2) is 5.82 Å². The van der Waals surface area contributed by atoms with Gasteiger partial charge < -0.3 is 5.11 Å². The minimum absolute atomic E-state index is 0.506. The Morgan fingerprint density at radius 1 is 1.32 bits per heavy atom. The van der Waals surface area contributed by atoms with Crippen LogP contribution in [0.2, 0.25) is 0 Å². The smallest absolute Gasteiger partial charge is 0.310 e. The van der Waals surface area contributed by atoms with E-state index in [1.807, 2.05) is 14.0 Å². The SMILES string of the molecule is CCc1nc(CC2(C(=O)O)CCCCCC2)n(C)n1. The molecule has 1 fully saturated rings. The van der Waals surface area contributed by atoms with Crippen molar-refractivity contribution in [3.8, 4) is 0 Å².